The number of benzene rings is 1. The zero-order chi connectivity index (χ0) is 12.7. The molecule has 0 aliphatic heterocycles. The van der Waals surface area contributed by atoms with Gasteiger partial charge in [-0.3, -0.25) is 0 Å². The Hall–Kier alpha value is -0.480. The predicted molar refractivity (Wildman–Crippen MR) is 71.0 cm³/mol. The minimum Gasteiger partial charge on any atom is -0.491 e. The summed E-state index contributed by atoms with van der Waals surface area (Å²) in [6.45, 7) is 4.05. The van der Waals surface area contributed by atoms with Crippen molar-refractivity contribution in [2.24, 2.45) is 0 Å². The van der Waals surface area contributed by atoms with E-state index in [9.17, 15) is 0 Å². The van der Waals surface area contributed by atoms with E-state index in [2.05, 4.69) is 5.32 Å². The van der Waals surface area contributed by atoms with Gasteiger partial charge >= 0.3 is 0 Å². The maximum Gasteiger partial charge on any atom is 0.156 e. The van der Waals surface area contributed by atoms with Crippen molar-refractivity contribution in [1.82, 2.24) is 5.32 Å². The highest BCUT2D eigenvalue weighted by Crippen LogP contribution is 2.34. The highest BCUT2D eigenvalue weighted by Gasteiger charge is 2.08. The van der Waals surface area contributed by atoms with Gasteiger partial charge in [0.15, 0.2) is 5.75 Å². The third-order valence-corrected chi connectivity index (χ3v) is 2.75. The Bertz CT molecular complexity index is 335. The monoisotopic (exact) mass is 277 g/mol. The maximum absolute atomic E-state index is 8.65. The Kier molecular flexibility index (Phi) is 6.66. The molecule has 0 aromatic heterocycles. The highest BCUT2D eigenvalue weighted by atomic mass is 35.5. The number of aliphatic hydroxyl groups excluding tert-OH is 1. The van der Waals surface area contributed by atoms with E-state index in [-0.39, 0.29) is 6.61 Å². The molecule has 0 aliphatic rings. The van der Waals surface area contributed by atoms with Crippen LogP contribution in [-0.4, -0.2) is 24.9 Å². The molecule has 1 rings (SSSR count). The number of rotatable bonds is 7. The summed E-state index contributed by atoms with van der Waals surface area (Å²) in [6, 6.07) is 3.68. The fraction of sp³-hybridized carbons (Fsp3) is 0.500. The molecule has 0 unspecified atom stereocenters. The third-order valence-electron chi connectivity index (χ3n) is 2.19. The van der Waals surface area contributed by atoms with Crippen LogP contribution in [0.3, 0.4) is 0 Å². The van der Waals surface area contributed by atoms with Crippen molar-refractivity contribution >= 4 is 23.2 Å². The zero-order valence-corrected chi connectivity index (χ0v) is 11.3. The minimum atomic E-state index is 0.192. The first kappa shape index (κ1) is 14.6. The van der Waals surface area contributed by atoms with Crippen LogP contribution in [0.25, 0.3) is 0 Å². The first-order valence-corrected chi connectivity index (χ1v) is 6.37. The molecule has 0 saturated heterocycles. The number of nitrogens with one attached hydrogen (secondary N) is 1. The average Bonchev–Trinajstić information content (AvgIpc) is 2.29. The Morgan fingerprint density at radius 2 is 1.94 bits per heavy atom. The zero-order valence-electron chi connectivity index (χ0n) is 9.80. The molecule has 0 bridgehead atoms. The van der Waals surface area contributed by atoms with Crippen molar-refractivity contribution in [3.63, 3.8) is 0 Å². The topological polar surface area (TPSA) is 41.5 Å². The normalized spacial score (nSPS) is 10.6. The van der Waals surface area contributed by atoms with E-state index in [4.69, 9.17) is 33.0 Å². The van der Waals surface area contributed by atoms with Crippen LogP contribution in [0.4, 0.5) is 0 Å². The lowest BCUT2D eigenvalue weighted by Gasteiger charge is -2.11. The van der Waals surface area contributed by atoms with E-state index in [1.807, 2.05) is 19.1 Å². The number of aliphatic hydroxyl groups is 1. The second kappa shape index (κ2) is 7.77. The van der Waals surface area contributed by atoms with Gasteiger partial charge in [-0.2, -0.15) is 0 Å². The molecular formula is C12H17Cl2NO2. The summed E-state index contributed by atoms with van der Waals surface area (Å²) in [7, 11) is 0. The Morgan fingerprint density at radius 1 is 1.29 bits per heavy atom. The molecule has 2 N–H and O–H groups in total. The van der Waals surface area contributed by atoms with E-state index < -0.39 is 0 Å². The largest absolute Gasteiger partial charge is 0.491 e. The number of hydrogen-bond acceptors (Lipinski definition) is 3. The van der Waals surface area contributed by atoms with Gasteiger partial charge in [-0.25, -0.2) is 0 Å². The van der Waals surface area contributed by atoms with Crippen molar-refractivity contribution < 1.29 is 9.84 Å². The van der Waals surface area contributed by atoms with Gasteiger partial charge < -0.3 is 15.2 Å². The summed E-state index contributed by atoms with van der Waals surface area (Å²) in [5, 5.41) is 12.9. The molecule has 96 valence electrons. The molecule has 3 nitrogen and oxygen atoms in total. The first-order chi connectivity index (χ1) is 8.19. The summed E-state index contributed by atoms with van der Waals surface area (Å²) in [5.41, 5.74) is 1.00. The molecule has 1 aromatic carbocycles. The van der Waals surface area contributed by atoms with Crippen molar-refractivity contribution in [3.05, 3.63) is 27.7 Å². The van der Waals surface area contributed by atoms with Crippen LogP contribution < -0.4 is 10.1 Å². The number of ether oxygens (including phenoxy) is 1. The Labute approximate surface area is 112 Å². The molecule has 0 amide bonds. The number of hydrogen-bond donors (Lipinski definition) is 2. The first-order valence-electron chi connectivity index (χ1n) is 5.61. The maximum atomic E-state index is 8.65. The quantitative estimate of drug-likeness (QED) is 0.753. The third kappa shape index (κ3) is 4.72. The van der Waals surface area contributed by atoms with Crippen LogP contribution in [0.15, 0.2) is 12.1 Å². The molecule has 0 fully saturated rings. The van der Waals surface area contributed by atoms with Crippen LogP contribution in [0.5, 0.6) is 5.75 Å². The molecule has 17 heavy (non-hydrogen) atoms. The van der Waals surface area contributed by atoms with Gasteiger partial charge in [-0.1, -0.05) is 23.2 Å². The number of halogens is 2. The van der Waals surface area contributed by atoms with Gasteiger partial charge in [0, 0.05) is 13.2 Å². The molecule has 1 aromatic rings. The Morgan fingerprint density at radius 3 is 2.47 bits per heavy atom. The molecule has 0 saturated carbocycles. The standard InChI is InChI=1S/C12H17Cl2NO2/c1-2-17-12-10(13)6-9(7-11(12)14)8-15-4-3-5-16/h6-7,15-16H,2-5,8H2,1H3. The van der Waals surface area contributed by atoms with Gasteiger partial charge in [-0.05, 0) is 37.6 Å². The van der Waals surface area contributed by atoms with Gasteiger partial charge in [0.05, 0.1) is 16.7 Å². The Balaban J connectivity index is 2.63. The molecule has 0 radical (unpaired) electrons. The predicted octanol–water partition coefficient (Wildman–Crippen LogP) is 2.86. The van der Waals surface area contributed by atoms with Gasteiger partial charge in [0.1, 0.15) is 0 Å². The fourth-order valence-corrected chi connectivity index (χ4v) is 2.07. The summed E-state index contributed by atoms with van der Waals surface area (Å²) in [6.07, 6.45) is 0.735. The summed E-state index contributed by atoms with van der Waals surface area (Å²) >= 11 is 12.2. The van der Waals surface area contributed by atoms with Crippen LogP contribution >= 0.6 is 23.2 Å². The van der Waals surface area contributed by atoms with Crippen LogP contribution in [0.1, 0.15) is 18.9 Å². The van der Waals surface area contributed by atoms with Gasteiger partial charge in [0.25, 0.3) is 0 Å². The van der Waals surface area contributed by atoms with Crippen molar-refractivity contribution in [1.29, 1.82) is 0 Å². The van der Waals surface area contributed by atoms with Crippen LogP contribution in [0.2, 0.25) is 10.0 Å². The van der Waals surface area contributed by atoms with Crippen molar-refractivity contribution in [3.8, 4) is 5.75 Å². The summed E-state index contributed by atoms with van der Waals surface area (Å²) in [5.74, 6) is 0.537. The van der Waals surface area contributed by atoms with Crippen molar-refractivity contribution in [2.75, 3.05) is 19.8 Å². The fourth-order valence-electron chi connectivity index (χ4n) is 1.43. The van der Waals surface area contributed by atoms with Crippen LogP contribution in [-0.2, 0) is 6.54 Å². The lowest BCUT2D eigenvalue weighted by atomic mass is 10.2. The average molecular weight is 278 g/mol. The molecule has 5 heteroatoms. The second-order valence-corrected chi connectivity index (χ2v) is 4.39. The molecule has 0 aliphatic carbocycles. The van der Waals surface area contributed by atoms with E-state index in [1.165, 1.54) is 0 Å². The SMILES string of the molecule is CCOc1c(Cl)cc(CNCCCO)cc1Cl. The summed E-state index contributed by atoms with van der Waals surface area (Å²) in [4.78, 5) is 0. The van der Waals surface area contributed by atoms with E-state index >= 15 is 0 Å². The lowest BCUT2D eigenvalue weighted by Crippen LogP contribution is -2.15. The second-order valence-electron chi connectivity index (χ2n) is 3.58. The minimum absolute atomic E-state index is 0.192. The highest BCUT2D eigenvalue weighted by molar-refractivity contribution is 6.37. The smallest absolute Gasteiger partial charge is 0.156 e. The van der Waals surface area contributed by atoms with E-state index in [0.29, 0.717) is 28.9 Å². The van der Waals surface area contributed by atoms with Crippen LogP contribution in [0, 0.1) is 0 Å². The molecule has 0 spiro atoms. The molecule has 0 heterocycles. The lowest BCUT2D eigenvalue weighted by molar-refractivity contribution is 0.286. The van der Waals surface area contributed by atoms with Crippen molar-refractivity contribution in [2.45, 2.75) is 19.9 Å². The summed E-state index contributed by atoms with van der Waals surface area (Å²) < 4.78 is 5.35. The van der Waals surface area contributed by atoms with Gasteiger partial charge in [-0.15, -0.1) is 0 Å². The molecular weight excluding hydrogens is 261 g/mol. The molecule has 0 atom stereocenters. The van der Waals surface area contributed by atoms with E-state index in [1.54, 1.807) is 0 Å². The van der Waals surface area contributed by atoms with Gasteiger partial charge in [0.2, 0.25) is 0 Å². The van der Waals surface area contributed by atoms with E-state index in [0.717, 1.165) is 18.5 Å².